The molecule has 0 aliphatic carbocycles. The second-order valence-corrected chi connectivity index (χ2v) is 4.45. The fourth-order valence-electron chi connectivity index (χ4n) is 1.03. The van der Waals surface area contributed by atoms with Gasteiger partial charge in [-0.1, -0.05) is 13.8 Å². The molecule has 0 saturated heterocycles. The van der Waals surface area contributed by atoms with Crippen molar-refractivity contribution in [1.82, 2.24) is 5.32 Å². The van der Waals surface area contributed by atoms with Crippen molar-refractivity contribution in [1.29, 1.82) is 0 Å². The van der Waals surface area contributed by atoms with Crippen LogP contribution in [-0.4, -0.2) is 30.9 Å². The van der Waals surface area contributed by atoms with E-state index in [1.165, 1.54) is 0 Å². The van der Waals surface area contributed by atoms with E-state index in [9.17, 15) is 9.59 Å². The van der Waals surface area contributed by atoms with Gasteiger partial charge < -0.3 is 10.1 Å². The van der Waals surface area contributed by atoms with Crippen LogP contribution in [-0.2, 0) is 14.3 Å². The summed E-state index contributed by atoms with van der Waals surface area (Å²) < 4.78 is 5.18. The summed E-state index contributed by atoms with van der Waals surface area (Å²) in [7, 11) is 0. The molecule has 0 unspecified atom stereocenters. The molecule has 0 radical (unpaired) electrons. The second-order valence-electron chi connectivity index (χ2n) is 4.45. The van der Waals surface area contributed by atoms with Crippen molar-refractivity contribution in [3.05, 3.63) is 0 Å². The molecular formula is C12H23NO3. The summed E-state index contributed by atoms with van der Waals surface area (Å²) in [6.07, 6.45) is 1.23. The molecule has 1 amide bonds. The van der Waals surface area contributed by atoms with E-state index in [-0.39, 0.29) is 30.3 Å². The van der Waals surface area contributed by atoms with E-state index in [1.54, 1.807) is 0 Å². The van der Waals surface area contributed by atoms with Gasteiger partial charge in [0.2, 0.25) is 5.91 Å². The highest BCUT2D eigenvalue weighted by atomic mass is 16.5. The summed E-state index contributed by atoms with van der Waals surface area (Å²) in [4.78, 5) is 22.5. The van der Waals surface area contributed by atoms with Gasteiger partial charge in [0.25, 0.3) is 0 Å². The van der Waals surface area contributed by atoms with E-state index < -0.39 is 0 Å². The molecule has 16 heavy (non-hydrogen) atoms. The minimum atomic E-state index is -0.0000224. The van der Waals surface area contributed by atoms with E-state index in [4.69, 9.17) is 4.74 Å². The third kappa shape index (κ3) is 8.41. The molecule has 4 heteroatoms. The number of nitrogens with one attached hydrogen (secondary N) is 1. The van der Waals surface area contributed by atoms with Crippen LogP contribution in [0.2, 0.25) is 0 Å². The van der Waals surface area contributed by atoms with E-state index in [0.29, 0.717) is 19.4 Å². The normalized spacial score (nSPS) is 10.9. The Morgan fingerprint density at radius 1 is 1.19 bits per heavy atom. The van der Waals surface area contributed by atoms with Gasteiger partial charge in [-0.15, -0.1) is 0 Å². The van der Waals surface area contributed by atoms with E-state index in [2.05, 4.69) is 5.32 Å². The minimum absolute atomic E-state index is 0.0000224. The van der Waals surface area contributed by atoms with Crippen LogP contribution in [0.1, 0.15) is 40.5 Å². The lowest BCUT2D eigenvalue weighted by atomic mass is 10.2. The zero-order chi connectivity index (χ0) is 12.6. The number of ketones is 1. The monoisotopic (exact) mass is 229 g/mol. The van der Waals surface area contributed by atoms with Gasteiger partial charge in [0.15, 0.2) is 5.78 Å². The van der Waals surface area contributed by atoms with Crippen molar-refractivity contribution >= 4 is 11.7 Å². The highest BCUT2D eigenvalue weighted by molar-refractivity contribution is 5.80. The van der Waals surface area contributed by atoms with Crippen LogP contribution in [0.5, 0.6) is 0 Å². The first-order valence-electron chi connectivity index (χ1n) is 5.84. The molecule has 94 valence electrons. The Hall–Kier alpha value is -0.900. The maximum absolute atomic E-state index is 11.3. The van der Waals surface area contributed by atoms with Crippen LogP contribution in [0.25, 0.3) is 0 Å². The highest BCUT2D eigenvalue weighted by Crippen LogP contribution is 1.95. The van der Waals surface area contributed by atoms with Crippen molar-refractivity contribution in [2.45, 2.75) is 46.6 Å². The van der Waals surface area contributed by atoms with Gasteiger partial charge in [0.05, 0.1) is 6.10 Å². The first kappa shape index (κ1) is 15.1. The molecule has 0 atom stereocenters. The van der Waals surface area contributed by atoms with Crippen LogP contribution in [0, 0.1) is 5.92 Å². The van der Waals surface area contributed by atoms with Gasteiger partial charge in [0, 0.05) is 18.9 Å². The number of hydrogen-bond acceptors (Lipinski definition) is 3. The molecule has 0 fully saturated rings. The number of Topliss-reactive ketones (excluding diaryl/α,β-unsaturated/α-hetero) is 1. The van der Waals surface area contributed by atoms with E-state index >= 15 is 0 Å². The average molecular weight is 229 g/mol. The molecule has 0 spiro atoms. The number of ether oxygens (including phenoxy) is 1. The number of amides is 1. The number of rotatable bonds is 8. The quantitative estimate of drug-likeness (QED) is 0.642. The smallest absolute Gasteiger partial charge is 0.222 e. The number of carbonyl (C=O) groups excluding carboxylic acids is 2. The van der Waals surface area contributed by atoms with Crippen LogP contribution >= 0.6 is 0 Å². The lowest BCUT2D eigenvalue weighted by molar-refractivity contribution is -0.126. The Labute approximate surface area is 97.7 Å². The first-order chi connectivity index (χ1) is 7.43. The van der Waals surface area contributed by atoms with Crippen molar-refractivity contribution in [2.24, 2.45) is 5.92 Å². The summed E-state index contributed by atoms with van der Waals surface area (Å²) in [5.74, 6) is 0.123. The molecule has 4 nitrogen and oxygen atoms in total. The average Bonchev–Trinajstić information content (AvgIpc) is 2.20. The molecule has 0 saturated carbocycles. The summed E-state index contributed by atoms with van der Waals surface area (Å²) in [5, 5.41) is 2.77. The van der Waals surface area contributed by atoms with E-state index in [0.717, 1.165) is 0 Å². The van der Waals surface area contributed by atoms with Crippen molar-refractivity contribution in [3.8, 4) is 0 Å². The molecule has 0 aromatic rings. The van der Waals surface area contributed by atoms with E-state index in [1.807, 2.05) is 27.7 Å². The molecule has 0 aromatic carbocycles. The predicted octanol–water partition coefficient (Wildman–Crippen LogP) is 1.53. The molecule has 0 rings (SSSR count). The third-order valence-electron chi connectivity index (χ3n) is 2.03. The Morgan fingerprint density at radius 2 is 1.81 bits per heavy atom. The first-order valence-corrected chi connectivity index (χ1v) is 5.84. The van der Waals surface area contributed by atoms with Gasteiger partial charge >= 0.3 is 0 Å². The van der Waals surface area contributed by atoms with Crippen LogP contribution in [0.15, 0.2) is 0 Å². The maximum Gasteiger partial charge on any atom is 0.222 e. The summed E-state index contributed by atoms with van der Waals surface area (Å²) in [6, 6.07) is 0. The van der Waals surface area contributed by atoms with Crippen LogP contribution in [0.4, 0.5) is 0 Å². The summed E-state index contributed by atoms with van der Waals surface area (Å²) >= 11 is 0. The maximum atomic E-state index is 11.3. The topological polar surface area (TPSA) is 55.4 Å². The summed E-state index contributed by atoms with van der Waals surface area (Å²) in [5.41, 5.74) is 0. The standard InChI is InChI=1S/C12H23NO3/c1-9(2)12(15)13-7-5-6-11(14)8-16-10(3)4/h9-10H,5-8H2,1-4H3,(H,13,15). The van der Waals surface area contributed by atoms with Crippen molar-refractivity contribution in [2.75, 3.05) is 13.2 Å². The Morgan fingerprint density at radius 3 is 2.31 bits per heavy atom. The molecule has 1 N–H and O–H groups in total. The van der Waals surface area contributed by atoms with Crippen molar-refractivity contribution < 1.29 is 14.3 Å². The molecule has 0 aromatic heterocycles. The minimum Gasteiger partial charge on any atom is -0.371 e. The molecule has 0 bridgehead atoms. The van der Waals surface area contributed by atoms with Crippen LogP contribution in [0.3, 0.4) is 0 Å². The molecule has 0 aliphatic rings. The second kappa shape index (κ2) is 8.28. The molecule has 0 aliphatic heterocycles. The zero-order valence-electron chi connectivity index (χ0n) is 10.7. The lowest BCUT2D eigenvalue weighted by Gasteiger charge is -2.08. The van der Waals surface area contributed by atoms with Crippen molar-refractivity contribution in [3.63, 3.8) is 0 Å². The van der Waals surface area contributed by atoms with Gasteiger partial charge in [-0.3, -0.25) is 9.59 Å². The third-order valence-corrected chi connectivity index (χ3v) is 2.03. The zero-order valence-corrected chi connectivity index (χ0v) is 10.7. The fourth-order valence-corrected chi connectivity index (χ4v) is 1.03. The molecular weight excluding hydrogens is 206 g/mol. The number of carbonyl (C=O) groups is 2. The van der Waals surface area contributed by atoms with Gasteiger partial charge in [0.1, 0.15) is 6.61 Å². The largest absolute Gasteiger partial charge is 0.371 e. The van der Waals surface area contributed by atoms with Gasteiger partial charge in [-0.2, -0.15) is 0 Å². The SMILES string of the molecule is CC(C)OCC(=O)CCCNC(=O)C(C)C. The predicted molar refractivity (Wildman–Crippen MR) is 63.2 cm³/mol. The fraction of sp³-hybridized carbons (Fsp3) is 0.833. The number of hydrogen-bond donors (Lipinski definition) is 1. The van der Waals surface area contributed by atoms with Crippen LogP contribution < -0.4 is 5.32 Å². The van der Waals surface area contributed by atoms with Gasteiger partial charge in [-0.05, 0) is 20.3 Å². The lowest BCUT2D eigenvalue weighted by Crippen LogP contribution is -2.29. The Balaban J connectivity index is 3.45. The Kier molecular flexibility index (Phi) is 7.81. The Bertz CT molecular complexity index is 224. The highest BCUT2D eigenvalue weighted by Gasteiger charge is 2.07. The molecule has 0 heterocycles. The summed E-state index contributed by atoms with van der Waals surface area (Å²) in [6.45, 7) is 8.22. The van der Waals surface area contributed by atoms with Gasteiger partial charge in [-0.25, -0.2) is 0 Å².